The van der Waals surface area contributed by atoms with E-state index >= 15 is 0 Å². The molecule has 0 aliphatic carbocycles. The van der Waals surface area contributed by atoms with Crippen molar-refractivity contribution in [3.8, 4) is 11.8 Å². The van der Waals surface area contributed by atoms with Crippen LogP contribution in [0.1, 0.15) is 31.7 Å². The summed E-state index contributed by atoms with van der Waals surface area (Å²) in [5.74, 6) is -0.522. The lowest BCUT2D eigenvalue weighted by Gasteiger charge is -2.16. The molecule has 1 N–H and O–H groups in total. The van der Waals surface area contributed by atoms with Gasteiger partial charge in [-0.25, -0.2) is 9.78 Å². The highest BCUT2D eigenvalue weighted by Gasteiger charge is 2.16. The average Bonchev–Trinajstić information content (AvgIpc) is 2.38. The number of nitriles is 1. The Balaban J connectivity index is 2.80. The number of hydrogen-bond acceptors (Lipinski definition) is 4. The molecule has 0 saturated heterocycles. The minimum atomic E-state index is -1.04. The van der Waals surface area contributed by atoms with Gasteiger partial charge in [0.2, 0.25) is 0 Å². The Morgan fingerprint density at radius 3 is 2.85 bits per heavy atom. The van der Waals surface area contributed by atoms with Crippen molar-refractivity contribution in [2.75, 3.05) is 6.61 Å². The van der Waals surface area contributed by atoms with E-state index in [0.29, 0.717) is 24.5 Å². The molecule has 1 rings (SSSR count). The number of aromatic nitrogens is 1. The van der Waals surface area contributed by atoms with Crippen molar-refractivity contribution >= 4 is 12.0 Å². The van der Waals surface area contributed by atoms with Crippen LogP contribution in [-0.2, 0) is 4.79 Å². The maximum absolute atomic E-state index is 10.6. The van der Waals surface area contributed by atoms with E-state index in [0.717, 1.165) is 11.8 Å². The van der Waals surface area contributed by atoms with Crippen molar-refractivity contribution < 1.29 is 14.6 Å². The zero-order valence-corrected chi connectivity index (χ0v) is 11.9. The molecule has 5 nitrogen and oxygen atoms in total. The largest absolute Gasteiger partial charge is 0.491 e. The van der Waals surface area contributed by atoms with E-state index in [1.54, 1.807) is 12.1 Å². The van der Waals surface area contributed by atoms with Crippen molar-refractivity contribution in [2.45, 2.75) is 27.2 Å². The molecule has 0 radical (unpaired) electrons. The molecular weight excluding hydrogens is 256 g/mol. The summed E-state index contributed by atoms with van der Waals surface area (Å²) in [6.45, 7) is 5.88. The van der Waals surface area contributed by atoms with E-state index in [9.17, 15) is 4.79 Å². The van der Waals surface area contributed by atoms with Gasteiger partial charge >= 0.3 is 5.97 Å². The number of aryl methyl sites for hydroxylation is 1. The fourth-order valence-electron chi connectivity index (χ4n) is 1.43. The third kappa shape index (κ3) is 5.11. The quantitative estimate of drug-likeness (QED) is 0.806. The lowest BCUT2D eigenvalue weighted by molar-refractivity contribution is -0.131. The van der Waals surface area contributed by atoms with E-state index in [2.05, 4.69) is 11.1 Å². The standard InChI is InChI=1S/C15H18N2O3/c1-11-4-6-13(12(17-11)5-7-14(18)19)20-9-8-15(2,3)10-16/h4-7H,8-9H2,1-3H3,(H,18,19). The van der Waals surface area contributed by atoms with Gasteiger partial charge < -0.3 is 9.84 Å². The Kier molecular flexibility index (Phi) is 5.27. The van der Waals surface area contributed by atoms with Crippen LogP contribution in [-0.4, -0.2) is 22.7 Å². The third-order valence-corrected chi connectivity index (χ3v) is 2.70. The maximum Gasteiger partial charge on any atom is 0.328 e. The van der Waals surface area contributed by atoms with E-state index in [-0.39, 0.29) is 0 Å². The van der Waals surface area contributed by atoms with Crippen LogP contribution in [0.3, 0.4) is 0 Å². The fraction of sp³-hybridized carbons (Fsp3) is 0.400. The second-order valence-corrected chi connectivity index (χ2v) is 5.10. The summed E-state index contributed by atoms with van der Waals surface area (Å²) >= 11 is 0. The van der Waals surface area contributed by atoms with Gasteiger partial charge in [0, 0.05) is 11.8 Å². The van der Waals surface area contributed by atoms with Gasteiger partial charge in [-0.05, 0) is 45.4 Å². The molecule has 20 heavy (non-hydrogen) atoms. The fourth-order valence-corrected chi connectivity index (χ4v) is 1.43. The summed E-state index contributed by atoms with van der Waals surface area (Å²) in [4.78, 5) is 14.8. The van der Waals surface area contributed by atoms with Crippen molar-refractivity contribution in [2.24, 2.45) is 5.41 Å². The number of nitrogens with zero attached hydrogens (tertiary/aromatic N) is 2. The van der Waals surface area contributed by atoms with Crippen LogP contribution in [0.5, 0.6) is 5.75 Å². The molecule has 0 amide bonds. The topological polar surface area (TPSA) is 83.2 Å². The second-order valence-electron chi connectivity index (χ2n) is 5.10. The first kappa shape index (κ1) is 15.7. The molecule has 106 valence electrons. The van der Waals surface area contributed by atoms with Crippen molar-refractivity contribution in [3.05, 3.63) is 29.6 Å². The van der Waals surface area contributed by atoms with E-state index in [4.69, 9.17) is 15.1 Å². The molecule has 1 heterocycles. The number of pyridine rings is 1. The lowest BCUT2D eigenvalue weighted by Crippen LogP contribution is -2.13. The Labute approximate surface area is 118 Å². The zero-order valence-electron chi connectivity index (χ0n) is 11.9. The van der Waals surface area contributed by atoms with Crippen LogP contribution in [0.4, 0.5) is 0 Å². The molecular formula is C15H18N2O3. The van der Waals surface area contributed by atoms with Crippen LogP contribution >= 0.6 is 0 Å². The first-order valence-corrected chi connectivity index (χ1v) is 6.27. The highest BCUT2D eigenvalue weighted by atomic mass is 16.5. The smallest absolute Gasteiger partial charge is 0.328 e. The Morgan fingerprint density at radius 1 is 1.55 bits per heavy atom. The summed E-state index contributed by atoms with van der Waals surface area (Å²) in [6.07, 6.45) is 3.01. The van der Waals surface area contributed by atoms with Crippen LogP contribution in [0.2, 0.25) is 0 Å². The van der Waals surface area contributed by atoms with Gasteiger partial charge in [0.15, 0.2) is 0 Å². The minimum absolute atomic E-state index is 0.374. The van der Waals surface area contributed by atoms with E-state index in [1.807, 2.05) is 20.8 Å². The van der Waals surface area contributed by atoms with Gasteiger partial charge in [0.05, 0.1) is 18.1 Å². The van der Waals surface area contributed by atoms with Gasteiger partial charge in [-0.2, -0.15) is 5.26 Å². The van der Waals surface area contributed by atoms with Crippen molar-refractivity contribution in [1.29, 1.82) is 5.26 Å². The molecule has 0 saturated carbocycles. The lowest BCUT2D eigenvalue weighted by atomic mass is 9.92. The molecule has 0 aliphatic heterocycles. The van der Waals surface area contributed by atoms with Crippen molar-refractivity contribution in [1.82, 2.24) is 4.98 Å². The molecule has 0 fully saturated rings. The maximum atomic E-state index is 10.6. The average molecular weight is 274 g/mol. The molecule has 0 bridgehead atoms. The second kappa shape index (κ2) is 6.71. The van der Waals surface area contributed by atoms with Crippen molar-refractivity contribution in [3.63, 3.8) is 0 Å². The van der Waals surface area contributed by atoms with Crippen LogP contribution < -0.4 is 4.74 Å². The Bertz CT molecular complexity index is 557. The molecule has 0 unspecified atom stereocenters. The van der Waals surface area contributed by atoms with Crippen LogP contribution in [0.15, 0.2) is 18.2 Å². The van der Waals surface area contributed by atoms with Gasteiger partial charge in [-0.1, -0.05) is 0 Å². The summed E-state index contributed by atoms with van der Waals surface area (Å²) in [6, 6.07) is 5.75. The summed E-state index contributed by atoms with van der Waals surface area (Å²) in [5.41, 5.74) is 0.803. The zero-order chi connectivity index (χ0) is 15.2. The Morgan fingerprint density at radius 2 is 2.25 bits per heavy atom. The summed E-state index contributed by atoms with van der Waals surface area (Å²) in [7, 11) is 0. The predicted octanol–water partition coefficient (Wildman–Crippen LogP) is 2.81. The summed E-state index contributed by atoms with van der Waals surface area (Å²) in [5, 5.41) is 17.6. The Hall–Kier alpha value is -2.35. The van der Waals surface area contributed by atoms with E-state index in [1.165, 1.54) is 6.08 Å². The highest BCUT2D eigenvalue weighted by molar-refractivity contribution is 5.85. The monoisotopic (exact) mass is 274 g/mol. The number of rotatable bonds is 6. The van der Waals surface area contributed by atoms with Crippen LogP contribution in [0.25, 0.3) is 6.08 Å². The number of ether oxygens (including phenoxy) is 1. The molecule has 0 aromatic carbocycles. The minimum Gasteiger partial charge on any atom is -0.491 e. The van der Waals surface area contributed by atoms with E-state index < -0.39 is 11.4 Å². The number of carboxylic acid groups (broad SMARTS) is 1. The normalized spacial score (nSPS) is 11.3. The molecule has 0 spiro atoms. The molecule has 1 aromatic rings. The third-order valence-electron chi connectivity index (χ3n) is 2.70. The molecule has 0 atom stereocenters. The first-order valence-electron chi connectivity index (χ1n) is 6.27. The molecule has 5 heteroatoms. The van der Waals surface area contributed by atoms with Crippen LogP contribution in [0, 0.1) is 23.7 Å². The van der Waals surface area contributed by atoms with Gasteiger partial charge in [0.1, 0.15) is 11.4 Å². The predicted molar refractivity (Wildman–Crippen MR) is 75.1 cm³/mol. The number of carbonyl (C=O) groups is 1. The first-order chi connectivity index (χ1) is 9.34. The van der Waals surface area contributed by atoms with Gasteiger partial charge in [-0.3, -0.25) is 0 Å². The number of aliphatic carboxylic acids is 1. The number of carboxylic acids is 1. The molecule has 1 aromatic heterocycles. The van der Waals surface area contributed by atoms with Gasteiger partial charge in [-0.15, -0.1) is 0 Å². The van der Waals surface area contributed by atoms with Gasteiger partial charge in [0.25, 0.3) is 0 Å². The summed E-state index contributed by atoms with van der Waals surface area (Å²) < 4.78 is 5.60. The SMILES string of the molecule is Cc1ccc(OCCC(C)(C)C#N)c(C=CC(=O)O)n1. The highest BCUT2D eigenvalue weighted by Crippen LogP contribution is 2.22. The molecule has 0 aliphatic rings. The number of hydrogen-bond donors (Lipinski definition) is 1.